The Morgan fingerprint density at radius 2 is 2.23 bits per heavy atom. The molecular formula is C19H22N4O3. The number of carbonyl (C=O) groups excluding carboxylic acids is 2. The van der Waals surface area contributed by atoms with Crippen LogP contribution in [0.3, 0.4) is 0 Å². The van der Waals surface area contributed by atoms with E-state index in [2.05, 4.69) is 27.9 Å². The molecule has 0 aliphatic carbocycles. The molecule has 1 atom stereocenters. The van der Waals surface area contributed by atoms with E-state index < -0.39 is 0 Å². The zero-order valence-electron chi connectivity index (χ0n) is 14.8. The van der Waals surface area contributed by atoms with Crippen LogP contribution in [0.2, 0.25) is 0 Å². The van der Waals surface area contributed by atoms with Crippen molar-refractivity contribution in [2.75, 3.05) is 17.2 Å². The monoisotopic (exact) mass is 354 g/mol. The van der Waals surface area contributed by atoms with Gasteiger partial charge in [-0.25, -0.2) is 4.98 Å². The first-order valence-electron chi connectivity index (χ1n) is 8.62. The first-order chi connectivity index (χ1) is 12.5. The van der Waals surface area contributed by atoms with Gasteiger partial charge in [0.15, 0.2) is 0 Å². The average Bonchev–Trinajstić information content (AvgIpc) is 2.65. The second-order valence-electron chi connectivity index (χ2n) is 6.19. The van der Waals surface area contributed by atoms with Crippen LogP contribution in [0, 0.1) is 0 Å². The number of aromatic nitrogens is 1. The number of ether oxygens (including phenoxy) is 1. The van der Waals surface area contributed by atoms with Crippen molar-refractivity contribution < 1.29 is 14.3 Å². The van der Waals surface area contributed by atoms with Crippen LogP contribution >= 0.6 is 0 Å². The molecule has 0 bridgehead atoms. The first kappa shape index (κ1) is 17.7. The van der Waals surface area contributed by atoms with Gasteiger partial charge in [0, 0.05) is 12.7 Å². The normalized spacial score (nSPS) is 13.8. The second kappa shape index (κ2) is 7.86. The maximum Gasteiger partial charge on any atom is 0.253 e. The third-order valence-electron chi connectivity index (χ3n) is 4.10. The van der Waals surface area contributed by atoms with Crippen LogP contribution < -0.4 is 20.7 Å². The van der Waals surface area contributed by atoms with E-state index in [9.17, 15) is 9.59 Å². The predicted octanol–water partition coefficient (Wildman–Crippen LogP) is 2.55. The van der Waals surface area contributed by atoms with Gasteiger partial charge >= 0.3 is 0 Å². The van der Waals surface area contributed by atoms with Gasteiger partial charge in [-0.15, -0.1) is 0 Å². The Labute approximate surface area is 152 Å². The van der Waals surface area contributed by atoms with Crippen LogP contribution in [-0.2, 0) is 11.3 Å². The van der Waals surface area contributed by atoms with Crippen molar-refractivity contribution in [3.63, 3.8) is 0 Å². The number of hydrogen-bond donors (Lipinski definition) is 3. The average molecular weight is 354 g/mol. The van der Waals surface area contributed by atoms with Gasteiger partial charge in [0.25, 0.3) is 5.91 Å². The smallest absolute Gasteiger partial charge is 0.253 e. The van der Waals surface area contributed by atoms with Gasteiger partial charge in [-0.05, 0) is 37.1 Å². The summed E-state index contributed by atoms with van der Waals surface area (Å²) in [6, 6.07) is 9.27. The van der Waals surface area contributed by atoms with Crippen LogP contribution in [0.4, 0.5) is 11.5 Å². The summed E-state index contributed by atoms with van der Waals surface area (Å²) in [7, 11) is 0. The van der Waals surface area contributed by atoms with Crippen LogP contribution in [0.25, 0.3) is 0 Å². The number of carbonyl (C=O) groups is 2. The van der Waals surface area contributed by atoms with Crippen molar-refractivity contribution >= 4 is 23.3 Å². The molecule has 3 rings (SSSR count). The summed E-state index contributed by atoms with van der Waals surface area (Å²) in [4.78, 5) is 28.0. The van der Waals surface area contributed by atoms with Gasteiger partial charge in [0.1, 0.15) is 11.6 Å². The Morgan fingerprint density at radius 3 is 3.04 bits per heavy atom. The number of amides is 2. The molecule has 2 aromatic rings. The highest BCUT2D eigenvalue weighted by Crippen LogP contribution is 2.23. The third kappa shape index (κ3) is 4.30. The number of hydrogen-bond acceptors (Lipinski definition) is 5. The van der Waals surface area contributed by atoms with Crippen LogP contribution in [0.5, 0.6) is 5.75 Å². The molecule has 1 unspecified atom stereocenters. The minimum Gasteiger partial charge on any atom is -0.491 e. The van der Waals surface area contributed by atoms with E-state index in [1.807, 2.05) is 31.2 Å². The molecule has 0 saturated heterocycles. The molecular weight excluding hydrogens is 332 g/mol. The van der Waals surface area contributed by atoms with Gasteiger partial charge in [-0.3, -0.25) is 9.59 Å². The Hall–Kier alpha value is -3.09. The zero-order valence-corrected chi connectivity index (χ0v) is 14.8. The van der Waals surface area contributed by atoms with Gasteiger partial charge in [0.05, 0.1) is 23.9 Å². The van der Waals surface area contributed by atoms with Crippen molar-refractivity contribution in [3.05, 3.63) is 47.7 Å². The molecule has 7 nitrogen and oxygen atoms in total. The number of pyridine rings is 1. The summed E-state index contributed by atoms with van der Waals surface area (Å²) >= 11 is 0. The minimum absolute atomic E-state index is 0.144. The Bertz CT molecular complexity index is 822. The van der Waals surface area contributed by atoms with Crippen LogP contribution in [0.1, 0.15) is 36.2 Å². The van der Waals surface area contributed by atoms with Gasteiger partial charge in [-0.2, -0.15) is 0 Å². The lowest BCUT2D eigenvalue weighted by Crippen LogP contribution is -2.29. The van der Waals surface area contributed by atoms with Crippen molar-refractivity contribution in [1.29, 1.82) is 0 Å². The summed E-state index contributed by atoms with van der Waals surface area (Å²) < 4.78 is 5.80. The van der Waals surface area contributed by atoms with E-state index >= 15 is 0 Å². The topological polar surface area (TPSA) is 92.3 Å². The number of nitrogens with one attached hydrogen (secondary N) is 3. The molecule has 0 radical (unpaired) electrons. The number of benzene rings is 1. The molecule has 2 heterocycles. The molecule has 0 fully saturated rings. The maximum absolute atomic E-state index is 12.4. The van der Waals surface area contributed by atoms with E-state index in [1.54, 1.807) is 6.07 Å². The maximum atomic E-state index is 12.4. The molecule has 26 heavy (non-hydrogen) atoms. The second-order valence-corrected chi connectivity index (χ2v) is 6.19. The minimum atomic E-state index is -0.256. The highest BCUT2D eigenvalue weighted by Gasteiger charge is 2.17. The van der Waals surface area contributed by atoms with E-state index in [-0.39, 0.29) is 24.5 Å². The lowest BCUT2D eigenvalue weighted by molar-refractivity contribution is -0.114. The highest BCUT2D eigenvalue weighted by molar-refractivity contribution is 6.02. The fourth-order valence-electron chi connectivity index (χ4n) is 2.51. The van der Waals surface area contributed by atoms with E-state index in [0.717, 1.165) is 17.7 Å². The van der Waals surface area contributed by atoms with Gasteiger partial charge in [-0.1, -0.05) is 19.1 Å². The molecule has 1 aliphatic rings. The van der Waals surface area contributed by atoms with Gasteiger partial charge < -0.3 is 20.7 Å². The predicted molar refractivity (Wildman–Crippen MR) is 99.3 cm³/mol. The fraction of sp³-hybridized carbons (Fsp3) is 0.316. The van der Waals surface area contributed by atoms with Crippen molar-refractivity contribution in [2.24, 2.45) is 0 Å². The molecule has 7 heteroatoms. The molecule has 2 amide bonds. The summed E-state index contributed by atoms with van der Waals surface area (Å²) in [5.74, 6) is 0.940. The SMILES string of the molecule is CCC(C)Oc1cccc(CNC(=O)c2cnc3c(c2)NC(=O)CN3)c1. The molecule has 3 N–H and O–H groups in total. The van der Waals surface area contributed by atoms with E-state index in [4.69, 9.17) is 4.74 Å². The molecule has 1 aromatic carbocycles. The van der Waals surface area contributed by atoms with Crippen molar-refractivity contribution in [1.82, 2.24) is 10.3 Å². The number of rotatable bonds is 6. The van der Waals surface area contributed by atoms with Crippen LogP contribution in [0.15, 0.2) is 36.5 Å². The zero-order chi connectivity index (χ0) is 18.5. The Kier molecular flexibility index (Phi) is 5.36. The molecule has 0 saturated carbocycles. The summed E-state index contributed by atoms with van der Waals surface area (Å²) in [6.45, 7) is 4.64. The molecule has 1 aliphatic heterocycles. The van der Waals surface area contributed by atoms with Crippen molar-refractivity contribution in [3.8, 4) is 5.75 Å². The quantitative estimate of drug-likeness (QED) is 0.741. The lowest BCUT2D eigenvalue weighted by Gasteiger charge is -2.18. The van der Waals surface area contributed by atoms with E-state index in [1.165, 1.54) is 6.20 Å². The highest BCUT2D eigenvalue weighted by atomic mass is 16.5. The molecule has 0 spiro atoms. The van der Waals surface area contributed by atoms with Crippen LogP contribution in [-0.4, -0.2) is 29.4 Å². The summed E-state index contributed by atoms with van der Waals surface area (Å²) in [6.07, 6.45) is 2.56. The summed E-state index contributed by atoms with van der Waals surface area (Å²) in [5, 5.41) is 8.45. The largest absolute Gasteiger partial charge is 0.491 e. The number of anilines is 2. The first-order valence-corrected chi connectivity index (χ1v) is 8.62. The van der Waals surface area contributed by atoms with Crippen molar-refractivity contribution in [2.45, 2.75) is 32.9 Å². The lowest BCUT2D eigenvalue weighted by atomic mass is 10.2. The van der Waals surface area contributed by atoms with Gasteiger partial charge in [0.2, 0.25) is 5.91 Å². The van der Waals surface area contributed by atoms with E-state index in [0.29, 0.717) is 23.6 Å². The third-order valence-corrected chi connectivity index (χ3v) is 4.10. The summed E-state index contributed by atoms with van der Waals surface area (Å²) in [5.41, 5.74) is 1.85. The number of nitrogens with zero attached hydrogens (tertiary/aromatic N) is 1. The fourth-order valence-corrected chi connectivity index (χ4v) is 2.51. The Balaban J connectivity index is 1.63. The molecule has 136 valence electrons. The Morgan fingerprint density at radius 1 is 1.38 bits per heavy atom. The number of fused-ring (bicyclic) bond motifs is 1. The standard InChI is InChI=1S/C19H22N4O3/c1-3-12(2)26-15-6-4-5-13(7-15)9-22-19(25)14-8-16-18(20-10-14)21-11-17(24)23-16/h4-8,10,12H,3,9,11H2,1-2H3,(H,20,21)(H,22,25)(H,23,24). The molecule has 1 aromatic heterocycles.